The normalized spacial score (nSPS) is 10.9. The summed E-state index contributed by atoms with van der Waals surface area (Å²) in [5, 5.41) is 0. The molecule has 2 aromatic rings. The van der Waals surface area contributed by atoms with Crippen molar-refractivity contribution in [3.63, 3.8) is 0 Å². The molecule has 1 heterocycles. The van der Waals surface area contributed by atoms with Gasteiger partial charge in [0.2, 0.25) is 0 Å². The van der Waals surface area contributed by atoms with E-state index in [4.69, 9.17) is 0 Å². The first-order chi connectivity index (χ1) is 7.16. The number of rotatable bonds is 2. The van der Waals surface area contributed by atoms with E-state index in [9.17, 15) is 4.39 Å². The van der Waals surface area contributed by atoms with E-state index in [-0.39, 0.29) is 5.82 Å². The summed E-state index contributed by atoms with van der Waals surface area (Å²) in [6.07, 6.45) is 4.08. The highest BCUT2D eigenvalue weighted by molar-refractivity contribution is 5.34. The molecule has 0 fully saturated rings. The second-order valence-corrected chi connectivity index (χ2v) is 3.98. The standard InChI is InChI=1S/C13H14FN/c1-10(2)11-7-8-15(9-11)13-5-3-12(14)4-6-13/h3-10H,1-2H3. The van der Waals surface area contributed by atoms with Gasteiger partial charge in [-0.05, 0) is 41.8 Å². The Morgan fingerprint density at radius 3 is 2.27 bits per heavy atom. The summed E-state index contributed by atoms with van der Waals surface area (Å²) in [6.45, 7) is 4.31. The summed E-state index contributed by atoms with van der Waals surface area (Å²) in [5.41, 5.74) is 2.28. The van der Waals surface area contributed by atoms with E-state index in [2.05, 4.69) is 26.1 Å². The Morgan fingerprint density at radius 1 is 1.07 bits per heavy atom. The van der Waals surface area contributed by atoms with Gasteiger partial charge in [-0.25, -0.2) is 4.39 Å². The molecule has 0 atom stereocenters. The molecule has 0 amide bonds. The minimum Gasteiger partial charge on any atom is -0.324 e. The molecule has 0 bridgehead atoms. The molecule has 78 valence electrons. The van der Waals surface area contributed by atoms with E-state index in [0.29, 0.717) is 5.92 Å². The molecule has 0 unspecified atom stereocenters. The van der Waals surface area contributed by atoms with Gasteiger partial charge in [-0.1, -0.05) is 13.8 Å². The fourth-order valence-corrected chi connectivity index (χ4v) is 1.53. The number of benzene rings is 1. The van der Waals surface area contributed by atoms with Gasteiger partial charge < -0.3 is 4.57 Å². The highest BCUT2D eigenvalue weighted by Crippen LogP contribution is 2.17. The second-order valence-electron chi connectivity index (χ2n) is 3.98. The lowest BCUT2D eigenvalue weighted by molar-refractivity contribution is 0.627. The van der Waals surface area contributed by atoms with Crippen LogP contribution in [-0.4, -0.2) is 4.57 Å². The van der Waals surface area contributed by atoms with Crippen molar-refractivity contribution in [3.8, 4) is 5.69 Å². The molecule has 0 saturated carbocycles. The molecule has 0 aliphatic carbocycles. The third-order valence-electron chi connectivity index (χ3n) is 2.51. The van der Waals surface area contributed by atoms with Crippen molar-refractivity contribution < 1.29 is 4.39 Å². The molecule has 0 aliphatic heterocycles. The maximum Gasteiger partial charge on any atom is 0.123 e. The fourth-order valence-electron chi connectivity index (χ4n) is 1.53. The highest BCUT2D eigenvalue weighted by Gasteiger charge is 2.02. The Bertz CT molecular complexity index is 440. The van der Waals surface area contributed by atoms with E-state index in [1.165, 1.54) is 17.7 Å². The molecular formula is C13H14FN. The van der Waals surface area contributed by atoms with Crippen molar-refractivity contribution in [3.05, 3.63) is 54.1 Å². The molecular weight excluding hydrogens is 189 g/mol. The van der Waals surface area contributed by atoms with Crippen LogP contribution in [0.3, 0.4) is 0 Å². The van der Waals surface area contributed by atoms with Gasteiger partial charge in [-0.15, -0.1) is 0 Å². The molecule has 0 radical (unpaired) electrons. The summed E-state index contributed by atoms with van der Waals surface area (Å²) in [7, 11) is 0. The van der Waals surface area contributed by atoms with Crippen LogP contribution >= 0.6 is 0 Å². The average Bonchev–Trinajstić information content (AvgIpc) is 2.68. The molecule has 2 rings (SSSR count). The van der Waals surface area contributed by atoms with E-state index in [1.807, 2.05) is 10.8 Å². The molecule has 1 nitrogen and oxygen atoms in total. The summed E-state index contributed by atoms with van der Waals surface area (Å²) in [6, 6.07) is 8.60. The number of nitrogens with zero attached hydrogens (tertiary/aromatic N) is 1. The smallest absolute Gasteiger partial charge is 0.123 e. The molecule has 0 saturated heterocycles. The Kier molecular flexibility index (Phi) is 2.58. The van der Waals surface area contributed by atoms with E-state index >= 15 is 0 Å². The Morgan fingerprint density at radius 2 is 1.73 bits per heavy atom. The summed E-state index contributed by atoms with van der Waals surface area (Å²) >= 11 is 0. The third kappa shape index (κ3) is 2.09. The fraction of sp³-hybridized carbons (Fsp3) is 0.231. The quantitative estimate of drug-likeness (QED) is 0.700. The molecule has 0 aliphatic rings. The highest BCUT2D eigenvalue weighted by atomic mass is 19.1. The summed E-state index contributed by atoms with van der Waals surface area (Å²) in [5.74, 6) is 0.321. The van der Waals surface area contributed by atoms with Crippen LogP contribution < -0.4 is 0 Å². The average molecular weight is 203 g/mol. The van der Waals surface area contributed by atoms with Gasteiger partial charge in [-0.3, -0.25) is 0 Å². The molecule has 1 aromatic heterocycles. The van der Waals surface area contributed by atoms with Crippen LogP contribution in [-0.2, 0) is 0 Å². The maximum atomic E-state index is 12.7. The predicted molar refractivity (Wildman–Crippen MR) is 59.8 cm³/mol. The largest absolute Gasteiger partial charge is 0.324 e. The van der Waals surface area contributed by atoms with E-state index < -0.39 is 0 Å². The lowest BCUT2D eigenvalue weighted by Gasteiger charge is -2.03. The van der Waals surface area contributed by atoms with Crippen molar-refractivity contribution in [2.45, 2.75) is 19.8 Å². The van der Waals surface area contributed by atoms with Crippen LogP contribution in [0.5, 0.6) is 0 Å². The third-order valence-corrected chi connectivity index (χ3v) is 2.51. The number of aromatic nitrogens is 1. The van der Waals surface area contributed by atoms with Crippen LogP contribution in [0.15, 0.2) is 42.7 Å². The van der Waals surface area contributed by atoms with Gasteiger partial charge in [0.25, 0.3) is 0 Å². The second kappa shape index (κ2) is 3.89. The van der Waals surface area contributed by atoms with E-state index in [0.717, 1.165) is 5.69 Å². The lowest BCUT2D eigenvalue weighted by Crippen LogP contribution is -1.90. The first-order valence-corrected chi connectivity index (χ1v) is 5.10. The van der Waals surface area contributed by atoms with Gasteiger partial charge in [0, 0.05) is 18.1 Å². The van der Waals surface area contributed by atoms with Crippen molar-refractivity contribution in [2.75, 3.05) is 0 Å². The SMILES string of the molecule is CC(C)c1ccn(-c2ccc(F)cc2)c1. The molecule has 0 N–H and O–H groups in total. The van der Waals surface area contributed by atoms with E-state index in [1.54, 1.807) is 12.1 Å². The van der Waals surface area contributed by atoms with Gasteiger partial charge in [0.05, 0.1) is 0 Å². The molecule has 1 aromatic carbocycles. The Labute approximate surface area is 89.2 Å². The number of halogens is 1. The number of hydrogen-bond donors (Lipinski definition) is 0. The summed E-state index contributed by atoms with van der Waals surface area (Å²) in [4.78, 5) is 0. The predicted octanol–water partition coefficient (Wildman–Crippen LogP) is 3.74. The van der Waals surface area contributed by atoms with Crippen molar-refractivity contribution >= 4 is 0 Å². The zero-order chi connectivity index (χ0) is 10.8. The van der Waals surface area contributed by atoms with Crippen LogP contribution in [0, 0.1) is 5.82 Å². The van der Waals surface area contributed by atoms with Gasteiger partial charge in [0.15, 0.2) is 0 Å². The molecule has 0 spiro atoms. The first kappa shape index (κ1) is 9.97. The minimum atomic E-state index is -0.199. The molecule has 2 heteroatoms. The first-order valence-electron chi connectivity index (χ1n) is 5.10. The van der Waals surface area contributed by atoms with Crippen LogP contribution in [0.25, 0.3) is 5.69 Å². The zero-order valence-corrected chi connectivity index (χ0v) is 8.94. The van der Waals surface area contributed by atoms with Crippen LogP contribution in [0.2, 0.25) is 0 Å². The van der Waals surface area contributed by atoms with Crippen molar-refractivity contribution in [1.82, 2.24) is 4.57 Å². The topological polar surface area (TPSA) is 4.93 Å². The summed E-state index contributed by atoms with van der Waals surface area (Å²) < 4.78 is 14.7. The lowest BCUT2D eigenvalue weighted by atomic mass is 10.1. The monoisotopic (exact) mass is 203 g/mol. The Hall–Kier alpha value is -1.57. The van der Waals surface area contributed by atoms with Gasteiger partial charge >= 0.3 is 0 Å². The van der Waals surface area contributed by atoms with Crippen molar-refractivity contribution in [2.24, 2.45) is 0 Å². The maximum absolute atomic E-state index is 12.7. The minimum absolute atomic E-state index is 0.199. The zero-order valence-electron chi connectivity index (χ0n) is 8.94. The number of hydrogen-bond acceptors (Lipinski definition) is 0. The molecule has 15 heavy (non-hydrogen) atoms. The van der Waals surface area contributed by atoms with Crippen LogP contribution in [0.4, 0.5) is 4.39 Å². The van der Waals surface area contributed by atoms with Crippen molar-refractivity contribution in [1.29, 1.82) is 0 Å². The van der Waals surface area contributed by atoms with Crippen LogP contribution in [0.1, 0.15) is 25.3 Å². The van der Waals surface area contributed by atoms with Gasteiger partial charge in [-0.2, -0.15) is 0 Å². The Balaban J connectivity index is 2.33. The van der Waals surface area contributed by atoms with Gasteiger partial charge in [0.1, 0.15) is 5.82 Å².